The van der Waals surface area contributed by atoms with E-state index in [9.17, 15) is 4.79 Å². The number of carbonyl (C=O) groups excluding carboxylic acids is 2. The lowest BCUT2D eigenvalue weighted by atomic mass is 9.67. The quantitative estimate of drug-likeness (QED) is 0.211. The van der Waals surface area contributed by atoms with Crippen molar-refractivity contribution in [2.45, 2.75) is 185 Å². The molecule has 0 aromatic carbocycles. The predicted molar refractivity (Wildman–Crippen MR) is 220 cm³/mol. The van der Waals surface area contributed by atoms with Gasteiger partial charge in [0.05, 0.1) is 41.5 Å². The number of aromatic nitrogens is 1. The van der Waals surface area contributed by atoms with E-state index in [2.05, 4.69) is 45.7 Å². The highest BCUT2D eigenvalue weighted by atomic mass is 32.1. The van der Waals surface area contributed by atoms with Gasteiger partial charge in [-0.1, -0.05) is 26.8 Å². The molecule has 4 fully saturated rings. The van der Waals surface area contributed by atoms with Crippen molar-refractivity contribution >= 4 is 23.1 Å². The molecule has 326 valence electrons. The van der Waals surface area contributed by atoms with E-state index in [4.69, 9.17) is 42.9 Å². The first-order valence-electron chi connectivity index (χ1n) is 22.2. The number of cyclic esters (lactones) is 1. The lowest BCUT2D eigenvalue weighted by Crippen LogP contribution is -2.59. The summed E-state index contributed by atoms with van der Waals surface area (Å²) >= 11 is 1.75. The summed E-state index contributed by atoms with van der Waals surface area (Å²) < 4.78 is 50.4. The normalized spacial score (nSPS) is 42.1. The standard InChI is InChI=1S/C45H70N2O10S/c1-11-18-47(7)34-16-17-37(53-24(34)4)57-35-15-13-14-27(12-2)55-36(48)22-31-32(40(49)23(35)3)21-30-29-19-28(20-33(29)44-39(38(30)31)46-26(6)58-44)56-45-43(52-10)42(51-9)41(50-8)25(5)54-45/h21,23-25,27-31,33-35,37-38,41-43,45H,11-20,22H2,1-10H3/t23-,24-,25+,27+,28+,29+,30+,31-,33-,34+,35+,37+,38-,41+,42-,43-,45+/m1/s1. The van der Waals surface area contributed by atoms with Gasteiger partial charge < -0.3 is 42.8 Å². The highest BCUT2D eigenvalue weighted by molar-refractivity contribution is 7.11. The van der Waals surface area contributed by atoms with Crippen molar-refractivity contribution in [3.63, 3.8) is 0 Å². The van der Waals surface area contributed by atoms with Crippen LogP contribution in [0.3, 0.4) is 0 Å². The molecule has 13 heteroatoms. The summed E-state index contributed by atoms with van der Waals surface area (Å²) in [5, 5.41) is 0.999. The van der Waals surface area contributed by atoms with Gasteiger partial charge in [0.15, 0.2) is 18.4 Å². The molecule has 1 aromatic rings. The number of hydrogen-bond acceptors (Lipinski definition) is 13. The number of Topliss-reactive ketones (excluding diaryl/α,β-unsaturated/α-hetero) is 1. The number of ether oxygens (including phenoxy) is 8. The van der Waals surface area contributed by atoms with Crippen LogP contribution >= 0.6 is 11.3 Å². The molecule has 12 nitrogen and oxygen atoms in total. The van der Waals surface area contributed by atoms with Gasteiger partial charge in [0.25, 0.3) is 0 Å². The van der Waals surface area contributed by atoms with Gasteiger partial charge in [-0.05, 0) is 110 Å². The number of fused-ring (bicyclic) bond motifs is 8. The number of nitrogens with zero attached hydrogens (tertiary/aromatic N) is 2. The van der Waals surface area contributed by atoms with Crippen LogP contribution in [0.1, 0.15) is 126 Å². The maximum atomic E-state index is 15.0. The van der Waals surface area contributed by atoms with Crippen LogP contribution in [-0.2, 0) is 47.5 Å². The van der Waals surface area contributed by atoms with Gasteiger partial charge in [0.2, 0.25) is 0 Å². The number of aryl methyl sites for hydroxylation is 1. The zero-order valence-electron chi connectivity index (χ0n) is 36.6. The molecule has 6 aliphatic rings. The Morgan fingerprint density at radius 2 is 1.66 bits per heavy atom. The molecule has 3 aliphatic heterocycles. The van der Waals surface area contributed by atoms with Gasteiger partial charge in [-0.15, -0.1) is 11.3 Å². The Bertz CT molecular complexity index is 1600. The Labute approximate surface area is 350 Å². The van der Waals surface area contributed by atoms with Gasteiger partial charge in [0, 0.05) is 55.9 Å². The number of allylic oxidation sites excluding steroid dienone is 2. The number of methoxy groups -OCH3 is 3. The van der Waals surface area contributed by atoms with Crippen molar-refractivity contribution < 1.29 is 47.5 Å². The first kappa shape index (κ1) is 44.3. The highest BCUT2D eigenvalue weighted by Crippen LogP contribution is 2.62. The highest BCUT2D eigenvalue weighted by Gasteiger charge is 2.57. The number of thiazole rings is 1. The minimum Gasteiger partial charge on any atom is -0.462 e. The van der Waals surface area contributed by atoms with Crippen molar-refractivity contribution in [3.05, 3.63) is 27.2 Å². The van der Waals surface area contributed by atoms with Gasteiger partial charge >= 0.3 is 5.97 Å². The third kappa shape index (κ3) is 8.77. The average molecular weight is 831 g/mol. The molecule has 0 N–H and O–H groups in total. The second-order valence-corrected chi connectivity index (χ2v) is 19.2. The fraction of sp³-hybridized carbons (Fsp3) is 0.844. The Kier molecular flexibility index (Phi) is 14.5. The van der Waals surface area contributed by atoms with Crippen LogP contribution < -0.4 is 0 Å². The molecule has 7 rings (SSSR count). The molecule has 3 aliphatic carbocycles. The van der Waals surface area contributed by atoms with Crippen LogP contribution in [0.25, 0.3) is 0 Å². The molecule has 3 saturated heterocycles. The average Bonchev–Trinajstić information content (AvgIpc) is 3.90. The monoisotopic (exact) mass is 830 g/mol. The van der Waals surface area contributed by atoms with E-state index >= 15 is 4.79 Å². The summed E-state index contributed by atoms with van der Waals surface area (Å²) in [6, 6.07) is 0.344. The summed E-state index contributed by atoms with van der Waals surface area (Å²) in [5.74, 6) is -0.563. The van der Waals surface area contributed by atoms with E-state index in [-0.39, 0.29) is 96.8 Å². The third-order valence-corrected chi connectivity index (χ3v) is 15.6. The Morgan fingerprint density at radius 3 is 2.34 bits per heavy atom. The molecular weight excluding hydrogens is 761 g/mol. The maximum Gasteiger partial charge on any atom is 0.306 e. The van der Waals surface area contributed by atoms with E-state index < -0.39 is 18.3 Å². The molecule has 0 spiro atoms. The van der Waals surface area contributed by atoms with Crippen molar-refractivity contribution in [1.29, 1.82) is 0 Å². The first-order valence-corrected chi connectivity index (χ1v) is 23.1. The fourth-order valence-electron chi connectivity index (χ4n) is 11.6. The third-order valence-electron chi connectivity index (χ3n) is 14.5. The van der Waals surface area contributed by atoms with E-state index in [0.29, 0.717) is 12.5 Å². The predicted octanol–water partition coefficient (Wildman–Crippen LogP) is 7.11. The Morgan fingerprint density at radius 1 is 0.897 bits per heavy atom. The smallest absolute Gasteiger partial charge is 0.306 e. The zero-order valence-corrected chi connectivity index (χ0v) is 37.4. The van der Waals surface area contributed by atoms with Gasteiger partial charge in [-0.2, -0.15) is 0 Å². The number of hydrogen-bond donors (Lipinski definition) is 0. The summed E-state index contributed by atoms with van der Waals surface area (Å²) in [6.07, 6.45) is 6.89. The van der Waals surface area contributed by atoms with Crippen LogP contribution in [0, 0.1) is 30.6 Å². The van der Waals surface area contributed by atoms with E-state index in [0.717, 1.165) is 74.2 Å². The largest absolute Gasteiger partial charge is 0.462 e. The number of rotatable bonds is 11. The minimum atomic E-state index is -0.628. The molecule has 0 amide bonds. The minimum absolute atomic E-state index is 0.0246. The number of likely N-dealkylation sites (N-methyl/N-ethyl adjacent to an activating group) is 1. The zero-order chi connectivity index (χ0) is 41.4. The topological polar surface area (TPSA) is 124 Å². The summed E-state index contributed by atoms with van der Waals surface area (Å²) in [7, 11) is 7.16. The van der Waals surface area contributed by atoms with Crippen LogP contribution in [0.2, 0.25) is 0 Å². The first-order chi connectivity index (χ1) is 27.9. The van der Waals surface area contributed by atoms with Crippen molar-refractivity contribution in [2.24, 2.45) is 23.7 Å². The van der Waals surface area contributed by atoms with Gasteiger partial charge in [-0.3, -0.25) is 9.59 Å². The lowest BCUT2D eigenvalue weighted by Gasteiger charge is -2.44. The number of carbonyl (C=O) groups is 2. The molecule has 4 heterocycles. The SMILES string of the molecule is CCCN(C)[C@H]1CC[C@H](O[C@H]2CCC[C@H](CC)OC(=O)C[C@@H]3C(=C[C@H]4[C@@H]5C[C@H](O[C@@H]6O[C@@H](C)[C@H](OC)[C@@H](OC)[C@H]6OC)C[C@H]5c5sc(C)nc5[C@H]43)C(=O)[C@@H]2C)O[C@@H]1C. The second-order valence-electron chi connectivity index (χ2n) is 18.0. The van der Waals surface area contributed by atoms with Crippen LogP contribution in [0.15, 0.2) is 11.6 Å². The molecular formula is C45H70N2O10S. The van der Waals surface area contributed by atoms with Crippen LogP contribution in [-0.4, -0.2) is 124 Å². The van der Waals surface area contributed by atoms with E-state index in [1.54, 1.807) is 32.7 Å². The summed E-state index contributed by atoms with van der Waals surface area (Å²) in [5.41, 5.74) is 1.78. The molecule has 0 bridgehead atoms. The maximum absolute atomic E-state index is 15.0. The van der Waals surface area contributed by atoms with E-state index in [1.807, 2.05) is 13.8 Å². The van der Waals surface area contributed by atoms with Gasteiger partial charge in [-0.25, -0.2) is 4.98 Å². The molecule has 58 heavy (non-hydrogen) atoms. The Balaban J connectivity index is 1.16. The molecule has 0 radical (unpaired) electrons. The van der Waals surface area contributed by atoms with Crippen LogP contribution in [0.5, 0.6) is 0 Å². The van der Waals surface area contributed by atoms with Crippen molar-refractivity contribution in [1.82, 2.24) is 9.88 Å². The fourth-order valence-corrected chi connectivity index (χ4v) is 12.8. The number of esters is 1. The molecule has 1 aromatic heterocycles. The second kappa shape index (κ2) is 19.1. The molecule has 0 unspecified atom stereocenters. The molecule has 1 saturated carbocycles. The summed E-state index contributed by atoms with van der Waals surface area (Å²) in [4.78, 5) is 37.7. The number of ketones is 1. The lowest BCUT2D eigenvalue weighted by molar-refractivity contribution is -0.314. The van der Waals surface area contributed by atoms with Crippen molar-refractivity contribution in [2.75, 3.05) is 34.9 Å². The van der Waals surface area contributed by atoms with E-state index in [1.165, 1.54) is 4.88 Å². The van der Waals surface area contributed by atoms with Crippen LogP contribution in [0.4, 0.5) is 0 Å². The Hall–Kier alpha value is -1.81. The summed E-state index contributed by atoms with van der Waals surface area (Å²) in [6.45, 7) is 13.5. The van der Waals surface area contributed by atoms with Crippen molar-refractivity contribution in [3.8, 4) is 0 Å². The van der Waals surface area contributed by atoms with Gasteiger partial charge in [0.1, 0.15) is 24.4 Å². The molecule has 17 atom stereocenters.